The minimum atomic E-state index is 0.150. The van der Waals surface area contributed by atoms with E-state index in [0.29, 0.717) is 11.6 Å². The summed E-state index contributed by atoms with van der Waals surface area (Å²) in [6, 6.07) is 5.63. The van der Waals surface area contributed by atoms with Crippen LogP contribution in [0.3, 0.4) is 0 Å². The van der Waals surface area contributed by atoms with Crippen LogP contribution in [0.5, 0.6) is 0 Å². The van der Waals surface area contributed by atoms with Crippen molar-refractivity contribution in [3.8, 4) is 0 Å². The topological polar surface area (TPSA) is 49.6 Å². The van der Waals surface area contributed by atoms with Crippen LogP contribution in [-0.2, 0) is 0 Å². The molecule has 4 heteroatoms. The Labute approximate surface area is 146 Å². The number of piperidine rings is 2. The van der Waals surface area contributed by atoms with E-state index in [1.807, 2.05) is 30.0 Å². The first-order valence-corrected chi connectivity index (χ1v) is 9.40. The first kappa shape index (κ1) is 17.3. The first-order valence-electron chi connectivity index (χ1n) is 9.40. The predicted octanol–water partition coefficient (Wildman–Crippen LogP) is 3.16. The zero-order valence-electron chi connectivity index (χ0n) is 15.1. The molecule has 2 heterocycles. The number of hydrogen-bond donors (Lipinski definition) is 1. The van der Waals surface area contributed by atoms with Gasteiger partial charge < -0.3 is 15.5 Å². The Morgan fingerprint density at radius 1 is 1.21 bits per heavy atom. The van der Waals surface area contributed by atoms with Crippen molar-refractivity contribution < 1.29 is 4.79 Å². The zero-order valence-corrected chi connectivity index (χ0v) is 15.1. The molecule has 132 valence electrons. The van der Waals surface area contributed by atoms with E-state index < -0.39 is 0 Å². The van der Waals surface area contributed by atoms with Gasteiger partial charge in [0, 0.05) is 30.9 Å². The molecule has 2 aliphatic rings. The van der Waals surface area contributed by atoms with Gasteiger partial charge in [-0.15, -0.1) is 0 Å². The fourth-order valence-corrected chi connectivity index (χ4v) is 4.05. The average Bonchev–Trinajstić information content (AvgIpc) is 2.59. The maximum absolute atomic E-state index is 12.9. The quantitative estimate of drug-likeness (QED) is 0.867. The molecular formula is C20H31N3O. The molecule has 1 atom stereocenters. The summed E-state index contributed by atoms with van der Waals surface area (Å²) >= 11 is 0. The van der Waals surface area contributed by atoms with Gasteiger partial charge in [-0.1, -0.05) is 13.0 Å². The highest BCUT2D eigenvalue weighted by Gasteiger charge is 2.27. The molecule has 0 saturated carbocycles. The smallest absolute Gasteiger partial charge is 0.254 e. The molecule has 1 unspecified atom stereocenters. The fourth-order valence-electron chi connectivity index (χ4n) is 4.05. The van der Waals surface area contributed by atoms with Gasteiger partial charge in [0.25, 0.3) is 5.91 Å². The van der Waals surface area contributed by atoms with Gasteiger partial charge in [0.15, 0.2) is 0 Å². The second-order valence-corrected chi connectivity index (χ2v) is 7.82. The number of likely N-dealkylation sites (tertiary alicyclic amines) is 2. The number of carbonyl (C=O) groups excluding carboxylic acids is 1. The molecule has 3 rings (SSSR count). The third-order valence-corrected chi connectivity index (χ3v) is 5.69. The number of carbonyl (C=O) groups is 1. The van der Waals surface area contributed by atoms with Crippen LogP contribution in [0.15, 0.2) is 18.2 Å². The summed E-state index contributed by atoms with van der Waals surface area (Å²) < 4.78 is 0. The normalized spacial score (nSPS) is 23.4. The number of nitrogens with two attached hydrogens (primary N) is 1. The number of amides is 1. The van der Waals surface area contributed by atoms with Gasteiger partial charge in [-0.25, -0.2) is 0 Å². The summed E-state index contributed by atoms with van der Waals surface area (Å²) in [6.45, 7) is 9.70. The summed E-state index contributed by atoms with van der Waals surface area (Å²) in [5.41, 5.74) is 8.33. The molecule has 0 aliphatic carbocycles. The Morgan fingerprint density at radius 3 is 2.71 bits per heavy atom. The molecule has 4 nitrogen and oxygen atoms in total. The van der Waals surface area contributed by atoms with Gasteiger partial charge in [0.05, 0.1) is 0 Å². The summed E-state index contributed by atoms with van der Waals surface area (Å²) in [5, 5.41) is 0. The lowest BCUT2D eigenvalue weighted by molar-refractivity contribution is 0.0621. The largest absolute Gasteiger partial charge is 0.399 e. The molecule has 24 heavy (non-hydrogen) atoms. The van der Waals surface area contributed by atoms with Crippen LogP contribution in [0.2, 0.25) is 0 Å². The Hall–Kier alpha value is -1.55. The second-order valence-electron chi connectivity index (χ2n) is 7.82. The number of nitrogen functional groups attached to an aromatic ring is 1. The van der Waals surface area contributed by atoms with Gasteiger partial charge in [0.1, 0.15) is 0 Å². The third-order valence-electron chi connectivity index (χ3n) is 5.69. The molecule has 1 aromatic rings. The number of benzene rings is 1. The molecule has 0 spiro atoms. The van der Waals surface area contributed by atoms with Crippen molar-refractivity contribution in [1.82, 2.24) is 9.80 Å². The number of rotatable bonds is 3. The van der Waals surface area contributed by atoms with Crippen LogP contribution >= 0.6 is 0 Å². The van der Waals surface area contributed by atoms with E-state index >= 15 is 0 Å². The Kier molecular flexibility index (Phi) is 5.44. The van der Waals surface area contributed by atoms with E-state index in [2.05, 4.69) is 11.8 Å². The number of anilines is 1. The molecule has 0 aromatic heterocycles. The number of aryl methyl sites for hydroxylation is 1. The van der Waals surface area contributed by atoms with Crippen LogP contribution in [-0.4, -0.2) is 48.4 Å². The fraction of sp³-hybridized carbons (Fsp3) is 0.650. The zero-order chi connectivity index (χ0) is 17.1. The Morgan fingerprint density at radius 2 is 1.96 bits per heavy atom. The van der Waals surface area contributed by atoms with E-state index in [1.54, 1.807) is 0 Å². The lowest BCUT2D eigenvalue weighted by atomic mass is 9.93. The van der Waals surface area contributed by atoms with Crippen molar-refractivity contribution in [3.05, 3.63) is 29.3 Å². The SMILES string of the molecule is Cc1ccc(N)cc1C(=O)N1CCCC(CN2CCC(C)CC2)C1. The van der Waals surface area contributed by atoms with Crippen LogP contribution in [0.1, 0.15) is 48.5 Å². The first-order chi connectivity index (χ1) is 11.5. The van der Waals surface area contributed by atoms with Crippen molar-refractivity contribution in [3.63, 3.8) is 0 Å². The molecule has 1 amide bonds. The molecule has 0 bridgehead atoms. The highest BCUT2D eigenvalue weighted by atomic mass is 16.2. The molecule has 2 fully saturated rings. The summed E-state index contributed by atoms with van der Waals surface area (Å²) in [6.07, 6.45) is 4.99. The number of hydrogen-bond acceptors (Lipinski definition) is 3. The van der Waals surface area contributed by atoms with Gasteiger partial charge in [-0.05, 0) is 75.2 Å². The van der Waals surface area contributed by atoms with Crippen molar-refractivity contribution in [1.29, 1.82) is 0 Å². The van der Waals surface area contributed by atoms with Gasteiger partial charge in [-0.3, -0.25) is 4.79 Å². The molecule has 2 aliphatic heterocycles. The molecule has 2 N–H and O–H groups in total. The van der Waals surface area contributed by atoms with Gasteiger partial charge in [0.2, 0.25) is 0 Å². The lowest BCUT2D eigenvalue weighted by Crippen LogP contribution is -2.45. The molecule has 1 aromatic carbocycles. The second kappa shape index (κ2) is 7.56. The summed E-state index contributed by atoms with van der Waals surface area (Å²) in [7, 11) is 0. The molecule has 0 radical (unpaired) electrons. The van der Waals surface area contributed by atoms with Gasteiger partial charge in [-0.2, -0.15) is 0 Å². The van der Waals surface area contributed by atoms with Crippen molar-refractivity contribution in [2.75, 3.05) is 38.5 Å². The van der Waals surface area contributed by atoms with Crippen molar-refractivity contribution in [2.24, 2.45) is 11.8 Å². The van der Waals surface area contributed by atoms with E-state index in [-0.39, 0.29) is 5.91 Å². The number of nitrogens with zero attached hydrogens (tertiary/aromatic N) is 2. The molecule has 2 saturated heterocycles. The van der Waals surface area contributed by atoms with E-state index in [1.165, 1.54) is 32.4 Å². The van der Waals surface area contributed by atoms with Crippen LogP contribution in [0.4, 0.5) is 5.69 Å². The van der Waals surface area contributed by atoms with Gasteiger partial charge >= 0.3 is 0 Å². The van der Waals surface area contributed by atoms with E-state index in [0.717, 1.165) is 43.1 Å². The Balaban J connectivity index is 1.60. The van der Waals surface area contributed by atoms with E-state index in [4.69, 9.17) is 5.73 Å². The van der Waals surface area contributed by atoms with Crippen LogP contribution in [0.25, 0.3) is 0 Å². The summed E-state index contributed by atoms with van der Waals surface area (Å²) in [5.74, 6) is 1.63. The highest BCUT2D eigenvalue weighted by Crippen LogP contribution is 2.24. The average molecular weight is 329 g/mol. The van der Waals surface area contributed by atoms with Crippen LogP contribution in [0, 0.1) is 18.8 Å². The maximum atomic E-state index is 12.9. The monoisotopic (exact) mass is 329 g/mol. The summed E-state index contributed by atoms with van der Waals surface area (Å²) in [4.78, 5) is 17.6. The Bertz CT molecular complexity index is 578. The minimum absolute atomic E-state index is 0.150. The standard InChI is InChI=1S/C20H31N3O/c1-15-7-10-22(11-8-15)13-17-4-3-9-23(14-17)20(24)19-12-18(21)6-5-16(19)2/h5-6,12,15,17H,3-4,7-11,13-14,21H2,1-2H3. The highest BCUT2D eigenvalue weighted by molar-refractivity contribution is 5.96. The third kappa shape index (κ3) is 4.10. The van der Waals surface area contributed by atoms with Crippen molar-refractivity contribution in [2.45, 2.75) is 39.5 Å². The van der Waals surface area contributed by atoms with Crippen LogP contribution < -0.4 is 5.73 Å². The lowest BCUT2D eigenvalue weighted by Gasteiger charge is -2.38. The predicted molar refractivity (Wildman–Crippen MR) is 99.1 cm³/mol. The van der Waals surface area contributed by atoms with E-state index in [9.17, 15) is 4.79 Å². The van der Waals surface area contributed by atoms with Crippen molar-refractivity contribution >= 4 is 11.6 Å². The minimum Gasteiger partial charge on any atom is -0.399 e. The molecular weight excluding hydrogens is 298 g/mol. The maximum Gasteiger partial charge on any atom is 0.254 e.